The van der Waals surface area contributed by atoms with Gasteiger partial charge in [0.25, 0.3) is 0 Å². The molecule has 0 unspecified atom stereocenters. The summed E-state index contributed by atoms with van der Waals surface area (Å²) in [6.07, 6.45) is 0. The molecule has 3 heterocycles. The topological polar surface area (TPSA) is 55.1 Å². The molecule has 47 heavy (non-hydrogen) atoms. The normalized spacial score (nSPS) is 13.4. The van der Waals surface area contributed by atoms with E-state index in [-0.39, 0.29) is 5.41 Å². The lowest BCUT2D eigenvalue weighted by atomic mass is 9.73. The first kappa shape index (κ1) is 27.3. The highest BCUT2D eigenvalue weighted by Gasteiger charge is 2.37. The Morgan fingerprint density at radius 2 is 1.02 bits per heavy atom. The van der Waals surface area contributed by atoms with Crippen LogP contribution in [0.1, 0.15) is 25.0 Å². The molecule has 1 aliphatic rings. The molecule has 0 spiro atoms. The molecule has 0 N–H and O–H groups in total. The van der Waals surface area contributed by atoms with Gasteiger partial charge in [-0.2, -0.15) is 0 Å². The van der Waals surface area contributed by atoms with Crippen LogP contribution in [0.15, 0.2) is 150 Å². The third kappa shape index (κ3) is 4.43. The van der Waals surface area contributed by atoms with Crippen LogP contribution in [0.4, 0.5) is 17.1 Å². The van der Waals surface area contributed by atoms with E-state index >= 15 is 0 Å². The van der Waals surface area contributed by atoms with Crippen LogP contribution in [0.3, 0.4) is 0 Å². The maximum atomic E-state index is 6.38. The fraction of sp³-hybridized carbons (Fsp3) is 0.0714. The molecule has 5 heteroatoms. The van der Waals surface area contributed by atoms with Crippen molar-refractivity contribution in [2.45, 2.75) is 19.3 Å². The van der Waals surface area contributed by atoms with Crippen LogP contribution in [-0.4, -0.2) is 15.0 Å². The van der Waals surface area contributed by atoms with E-state index in [1.54, 1.807) is 0 Å². The van der Waals surface area contributed by atoms with E-state index in [1.165, 1.54) is 11.1 Å². The molecule has 2 aromatic heterocycles. The van der Waals surface area contributed by atoms with Gasteiger partial charge in [-0.1, -0.05) is 111 Å². The van der Waals surface area contributed by atoms with Crippen LogP contribution in [0.25, 0.3) is 56.1 Å². The Labute approximate surface area is 272 Å². The van der Waals surface area contributed by atoms with Crippen LogP contribution in [-0.2, 0) is 5.41 Å². The largest absolute Gasteiger partial charge is 0.456 e. The smallest absolute Gasteiger partial charge is 0.164 e. The highest BCUT2D eigenvalue weighted by molar-refractivity contribution is 6.07. The van der Waals surface area contributed by atoms with Gasteiger partial charge in [0.1, 0.15) is 11.2 Å². The molecule has 0 radical (unpaired) electrons. The maximum absolute atomic E-state index is 6.38. The highest BCUT2D eigenvalue weighted by atomic mass is 16.3. The van der Waals surface area contributed by atoms with E-state index in [0.717, 1.165) is 55.7 Å². The van der Waals surface area contributed by atoms with E-state index < -0.39 is 0 Å². The zero-order valence-electron chi connectivity index (χ0n) is 26.1. The number of nitrogens with zero attached hydrogens (tertiary/aromatic N) is 4. The Kier molecular flexibility index (Phi) is 6.09. The second-order valence-electron chi connectivity index (χ2n) is 12.5. The Morgan fingerprint density at radius 3 is 1.68 bits per heavy atom. The second-order valence-corrected chi connectivity index (χ2v) is 12.5. The average molecular weight is 607 g/mol. The molecule has 8 aromatic rings. The van der Waals surface area contributed by atoms with Crippen LogP contribution in [0.5, 0.6) is 0 Å². The standard InChI is InChI=1S/C42H30N4O/c1-42(2)33-18-10-11-19-35(33)46(36-26-38-32(25-34(36)42)31-17-9-12-20-37(31)47-38)30-23-21-29(22-24-30)41-44-39(27-13-5-3-6-14-27)43-40(45-41)28-15-7-4-8-16-28/h3-26H,1-2H3. The minimum Gasteiger partial charge on any atom is -0.456 e. The Balaban J connectivity index is 1.19. The van der Waals surface area contributed by atoms with E-state index in [9.17, 15) is 0 Å². The quantitative estimate of drug-likeness (QED) is 0.199. The molecule has 9 rings (SSSR count). The predicted octanol–water partition coefficient (Wildman–Crippen LogP) is 10.9. The Hall–Kier alpha value is -6.07. The summed E-state index contributed by atoms with van der Waals surface area (Å²) in [5.74, 6) is 1.93. The first-order valence-corrected chi connectivity index (χ1v) is 15.9. The number of furan rings is 1. The molecule has 0 fully saturated rings. The van der Waals surface area contributed by atoms with Crippen LogP contribution < -0.4 is 4.90 Å². The summed E-state index contributed by atoms with van der Waals surface area (Å²) in [5, 5.41) is 2.28. The molecular weight excluding hydrogens is 576 g/mol. The average Bonchev–Trinajstić information content (AvgIpc) is 3.50. The lowest BCUT2D eigenvalue weighted by Gasteiger charge is -2.42. The molecule has 0 saturated heterocycles. The minimum atomic E-state index is -0.207. The van der Waals surface area contributed by atoms with Crippen molar-refractivity contribution in [1.82, 2.24) is 15.0 Å². The lowest BCUT2D eigenvalue weighted by Crippen LogP contribution is -2.30. The van der Waals surface area contributed by atoms with Gasteiger partial charge >= 0.3 is 0 Å². The highest BCUT2D eigenvalue weighted by Crippen LogP contribution is 2.53. The molecule has 6 aromatic carbocycles. The molecule has 5 nitrogen and oxygen atoms in total. The van der Waals surface area contributed by atoms with Crippen molar-refractivity contribution in [3.05, 3.63) is 157 Å². The predicted molar refractivity (Wildman–Crippen MR) is 190 cm³/mol. The molecule has 0 bridgehead atoms. The molecule has 0 saturated carbocycles. The third-order valence-electron chi connectivity index (χ3n) is 9.31. The summed E-state index contributed by atoms with van der Waals surface area (Å²) in [6.45, 7) is 4.63. The zero-order chi connectivity index (χ0) is 31.5. The molecule has 1 aliphatic heterocycles. The van der Waals surface area contributed by atoms with Crippen molar-refractivity contribution in [1.29, 1.82) is 0 Å². The van der Waals surface area contributed by atoms with Crippen molar-refractivity contribution >= 4 is 39.0 Å². The maximum Gasteiger partial charge on any atom is 0.164 e. The van der Waals surface area contributed by atoms with Crippen LogP contribution in [0.2, 0.25) is 0 Å². The van der Waals surface area contributed by atoms with Crippen LogP contribution >= 0.6 is 0 Å². The second kappa shape index (κ2) is 10.5. The number of anilines is 3. The summed E-state index contributed by atoms with van der Waals surface area (Å²) in [7, 11) is 0. The molecule has 0 amide bonds. The molecular formula is C42H30N4O. The van der Waals surface area contributed by atoms with E-state index in [2.05, 4.69) is 91.5 Å². The molecule has 224 valence electrons. The van der Waals surface area contributed by atoms with Crippen LogP contribution in [0, 0.1) is 0 Å². The summed E-state index contributed by atoms with van der Waals surface area (Å²) in [5.41, 5.74) is 10.3. The number of fused-ring (bicyclic) bond motifs is 5. The van der Waals surface area contributed by atoms with Gasteiger partial charge in [0.2, 0.25) is 0 Å². The van der Waals surface area contributed by atoms with Crippen molar-refractivity contribution in [2.75, 3.05) is 4.90 Å². The number of benzene rings is 6. The van der Waals surface area contributed by atoms with Gasteiger partial charge in [0, 0.05) is 44.6 Å². The van der Waals surface area contributed by atoms with E-state index in [0.29, 0.717) is 17.5 Å². The molecule has 0 aliphatic carbocycles. The van der Waals surface area contributed by atoms with Gasteiger partial charge in [0.15, 0.2) is 17.5 Å². The number of para-hydroxylation sites is 2. The summed E-state index contributed by atoms with van der Waals surface area (Å²) in [6, 6.07) is 50.2. The SMILES string of the molecule is CC1(C)c2ccccc2N(c2ccc(-c3nc(-c4ccccc4)nc(-c4ccccc4)n3)cc2)c2cc3oc4ccccc4c3cc21. The monoisotopic (exact) mass is 606 g/mol. The van der Waals surface area contributed by atoms with E-state index in [4.69, 9.17) is 19.4 Å². The minimum absolute atomic E-state index is 0.207. The zero-order valence-corrected chi connectivity index (χ0v) is 26.1. The Morgan fingerprint density at radius 1 is 0.468 bits per heavy atom. The van der Waals surface area contributed by atoms with Gasteiger partial charge in [-0.3, -0.25) is 0 Å². The number of aromatic nitrogens is 3. The first-order chi connectivity index (χ1) is 23.0. The lowest BCUT2D eigenvalue weighted by molar-refractivity contribution is 0.630. The van der Waals surface area contributed by atoms with Crippen molar-refractivity contribution in [3.63, 3.8) is 0 Å². The number of hydrogen-bond acceptors (Lipinski definition) is 5. The summed E-state index contributed by atoms with van der Waals surface area (Å²) in [4.78, 5) is 17.1. The summed E-state index contributed by atoms with van der Waals surface area (Å²) >= 11 is 0. The van der Waals surface area contributed by atoms with Crippen molar-refractivity contribution < 1.29 is 4.42 Å². The first-order valence-electron chi connectivity index (χ1n) is 15.9. The van der Waals surface area contributed by atoms with E-state index in [1.807, 2.05) is 72.8 Å². The van der Waals surface area contributed by atoms with Gasteiger partial charge < -0.3 is 9.32 Å². The Bertz CT molecular complexity index is 2370. The van der Waals surface area contributed by atoms with Gasteiger partial charge in [-0.25, -0.2) is 15.0 Å². The number of rotatable bonds is 4. The molecule has 0 atom stereocenters. The van der Waals surface area contributed by atoms with Crippen molar-refractivity contribution in [2.24, 2.45) is 0 Å². The fourth-order valence-electron chi connectivity index (χ4n) is 6.89. The fourth-order valence-corrected chi connectivity index (χ4v) is 6.89. The third-order valence-corrected chi connectivity index (χ3v) is 9.31. The van der Waals surface area contributed by atoms with Crippen molar-refractivity contribution in [3.8, 4) is 34.2 Å². The van der Waals surface area contributed by atoms with Gasteiger partial charge in [-0.15, -0.1) is 0 Å². The number of hydrogen-bond donors (Lipinski definition) is 0. The summed E-state index contributed by atoms with van der Waals surface area (Å²) < 4.78 is 6.38. The van der Waals surface area contributed by atoms with Gasteiger partial charge in [0.05, 0.1) is 11.4 Å². The van der Waals surface area contributed by atoms with Gasteiger partial charge in [-0.05, 0) is 53.6 Å².